The van der Waals surface area contributed by atoms with Gasteiger partial charge in [0.25, 0.3) is 0 Å². The van der Waals surface area contributed by atoms with Gasteiger partial charge in [0.05, 0.1) is 5.54 Å². The molecule has 0 saturated carbocycles. The van der Waals surface area contributed by atoms with Crippen LogP contribution in [0.1, 0.15) is 26.2 Å². The first-order valence-corrected chi connectivity index (χ1v) is 5.78. The lowest BCUT2D eigenvalue weighted by Gasteiger charge is -2.26. The first kappa shape index (κ1) is 14.6. The summed E-state index contributed by atoms with van der Waals surface area (Å²) in [5.74, 6) is -4.51. The molecule has 0 radical (unpaired) electrons. The number of ketones is 1. The maximum absolute atomic E-state index is 12.2. The molecule has 0 aromatic heterocycles. The third kappa shape index (κ3) is 3.05. The van der Waals surface area contributed by atoms with Gasteiger partial charge in [-0.3, -0.25) is 14.4 Å². The van der Waals surface area contributed by atoms with Crippen LogP contribution in [0.4, 0.5) is 0 Å². The highest BCUT2D eigenvalue weighted by atomic mass is 16.4. The van der Waals surface area contributed by atoms with Crippen molar-refractivity contribution in [3.8, 4) is 0 Å². The number of aliphatic carboxylic acids is 2. The molecular formula is C11H18N2O5. The predicted octanol–water partition coefficient (Wildman–Crippen LogP) is -0.800. The molecule has 0 bridgehead atoms. The summed E-state index contributed by atoms with van der Waals surface area (Å²) >= 11 is 0. The van der Waals surface area contributed by atoms with Crippen LogP contribution in [0, 0.1) is 5.92 Å². The Labute approximate surface area is 104 Å². The summed E-state index contributed by atoms with van der Waals surface area (Å²) < 4.78 is 0. The van der Waals surface area contributed by atoms with Gasteiger partial charge in [-0.05, 0) is 32.7 Å². The zero-order valence-electron chi connectivity index (χ0n) is 10.2. The molecular weight excluding hydrogens is 240 g/mol. The predicted molar refractivity (Wildman–Crippen MR) is 62.0 cm³/mol. The average Bonchev–Trinajstić information content (AvgIpc) is 2.72. The number of hydrogen-bond acceptors (Lipinski definition) is 5. The first-order valence-electron chi connectivity index (χ1n) is 5.78. The number of carbonyl (C=O) groups excluding carboxylic acids is 1. The van der Waals surface area contributed by atoms with Gasteiger partial charge in [-0.15, -0.1) is 0 Å². The van der Waals surface area contributed by atoms with E-state index in [0.717, 1.165) is 6.42 Å². The van der Waals surface area contributed by atoms with Gasteiger partial charge in [-0.2, -0.15) is 0 Å². The molecule has 3 atom stereocenters. The summed E-state index contributed by atoms with van der Waals surface area (Å²) in [5, 5.41) is 20.7. The van der Waals surface area contributed by atoms with Crippen LogP contribution in [0.5, 0.6) is 0 Å². The molecule has 0 spiro atoms. The molecule has 0 aliphatic carbocycles. The molecule has 0 amide bonds. The molecule has 1 rings (SSSR count). The zero-order chi connectivity index (χ0) is 13.9. The van der Waals surface area contributed by atoms with E-state index in [2.05, 4.69) is 5.32 Å². The van der Waals surface area contributed by atoms with Crippen molar-refractivity contribution in [1.29, 1.82) is 0 Å². The Bertz CT molecular complexity index is 362. The molecule has 0 aromatic rings. The fourth-order valence-electron chi connectivity index (χ4n) is 2.16. The van der Waals surface area contributed by atoms with Crippen molar-refractivity contribution in [1.82, 2.24) is 5.32 Å². The smallest absolute Gasteiger partial charge is 0.320 e. The van der Waals surface area contributed by atoms with Crippen molar-refractivity contribution < 1.29 is 24.6 Å². The molecule has 7 nitrogen and oxygen atoms in total. The molecule has 0 aromatic carbocycles. The topological polar surface area (TPSA) is 130 Å². The van der Waals surface area contributed by atoms with Crippen LogP contribution in [-0.4, -0.2) is 46.1 Å². The Kier molecular flexibility index (Phi) is 4.42. The van der Waals surface area contributed by atoms with E-state index in [1.165, 1.54) is 0 Å². The van der Waals surface area contributed by atoms with Crippen LogP contribution in [0.25, 0.3) is 0 Å². The van der Waals surface area contributed by atoms with Crippen molar-refractivity contribution in [2.45, 2.75) is 37.8 Å². The van der Waals surface area contributed by atoms with E-state index >= 15 is 0 Å². The maximum Gasteiger partial charge on any atom is 0.320 e. The number of nitrogens with one attached hydrogen (secondary N) is 1. The number of carboxylic acid groups (broad SMARTS) is 2. The van der Waals surface area contributed by atoms with E-state index in [1.54, 1.807) is 6.92 Å². The number of rotatable bonds is 6. The average molecular weight is 258 g/mol. The maximum atomic E-state index is 12.2. The van der Waals surface area contributed by atoms with Crippen LogP contribution < -0.4 is 11.1 Å². The van der Waals surface area contributed by atoms with Crippen molar-refractivity contribution in [2.75, 3.05) is 6.54 Å². The first-order chi connectivity index (χ1) is 8.28. The molecule has 1 heterocycles. The van der Waals surface area contributed by atoms with Crippen LogP contribution in [0.2, 0.25) is 0 Å². The van der Waals surface area contributed by atoms with Gasteiger partial charge in [0.2, 0.25) is 0 Å². The highest BCUT2D eigenvalue weighted by molar-refractivity contribution is 6.03. The van der Waals surface area contributed by atoms with Gasteiger partial charge in [0.15, 0.2) is 5.78 Å². The van der Waals surface area contributed by atoms with Crippen molar-refractivity contribution >= 4 is 17.7 Å². The minimum Gasteiger partial charge on any atom is -0.481 e. The van der Waals surface area contributed by atoms with Gasteiger partial charge in [0.1, 0.15) is 12.0 Å². The minimum absolute atomic E-state index is 0.388. The summed E-state index contributed by atoms with van der Waals surface area (Å²) in [6.45, 7) is 2.30. The van der Waals surface area contributed by atoms with Gasteiger partial charge in [-0.1, -0.05) is 0 Å². The summed E-state index contributed by atoms with van der Waals surface area (Å²) in [7, 11) is 0. The molecule has 1 aliphatic rings. The number of carboxylic acids is 2. The van der Waals surface area contributed by atoms with Gasteiger partial charge in [-0.25, -0.2) is 0 Å². The Morgan fingerprint density at radius 3 is 2.33 bits per heavy atom. The van der Waals surface area contributed by atoms with E-state index in [4.69, 9.17) is 15.9 Å². The highest BCUT2D eigenvalue weighted by Gasteiger charge is 2.43. The van der Waals surface area contributed by atoms with E-state index in [1.807, 2.05) is 0 Å². The largest absolute Gasteiger partial charge is 0.481 e. The Hall–Kier alpha value is -1.47. The Balaban J connectivity index is 2.82. The molecule has 5 N–H and O–H groups in total. The van der Waals surface area contributed by atoms with Crippen molar-refractivity contribution in [3.05, 3.63) is 0 Å². The second-order valence-corrected chi connectivity index (χ2v) is 4.80. The van der Waals surface area contributed by atoms with Crippen molar-refractivity contribution in [3.63, 3.8) is 0 Å². The lowest BCUT2D eigenvalue weighted by atomic mass is 9.83. The van der Waals surface area contributed by atoms with E-state index in [-0.39, 0.29) is 6.42 Å². The molecule has 1 fully saturated rings. The second kappa shape index (κ2) is 5.45. The SMILES string of the molecule is C[C@@]1(C(=O)C(C[C@H](N)C(=O)O)C(=O)O)CCCN1. The molecule has 1 saturated heterocycles. The third-order valence-corrected chi connectivity index (χ3v) is 3.33. The van der Waals surface area contributed by atoms with E-state index in [0.29, 0.717) is 13.0 Å². The molecule has 18 heavy (non-hydrogen) atoms. The Morgan fingerprint density at radius 1 is 1.33 bits per heavy atom. The molecule has 102 valence electrons. The van der Waals surface area contributed by atoms with Crippen LogP contribution in [0.15, 0.2) is 0 Å². The Morgan fingerprint density at radius 2 is 1.94 bits per heavy atom. The summed E-state index contributed by atoms with van der Waals surface area (Å²) in [5.41, 5.74) is 4.41. The van der Waals surface area contributed by atoms with Crippen molar-refractivity contribution in [2.24, 2.45) is 11.7 Å². The van der Waals surface area contributed by atoms with Gasteiger partial charge in [0, 0.05) is 0 Å². The minimum atomic E-state index is -1.38. The summed E-state index contributed by atoms with van der Waals surface area (Å²) in [6, 6.07) is -1.35. The lowest BCUT2D eigenvalue weighted by Crippen LogP contribution is -2.51. The lowest BCUT2D eigenvalue weighted by molar-refractivity contribution is -0.149. The zero-order valence-corrected chi connectivity index (χ0v) is 10.2. The number of hydrogen-bond donors (Lipinski definition) is 4. The fraction of sp³-hybridized carbons (Fsp3) is 0.727. The molecule has 1 unspecified atom stereocenters. The summed E-state index contributed by atoms with van der Waals surface area (Å²) in [4.78, 5) is 33.9. The highest BCUT2D eigenvalue weighted by Crippen LogP contribution is 2.25. The van der Waals surface area contributed by atoms with E-state index < -0.39 is 35.2 Å². The molecule has 7 heteroatoms. The molecule has 1 aliphatic heterocycles. The van der Waals surface area contributed by atoms with Gasteiger partial charge >= 0.3 is 11.9 Å². The number of carbonyl (C=O) groups is 3. The van der Waals surface area contributed by atoms with E-state index in [9.17, 15) is 14.4 Å². The van der Waals surface area contributed by atoms with Crippen LogP contribution in [0.3, 0.4) is 0 Å². The standard InChI is InChI=1S/C11H18N2O5/c1-11(3-2-4-13-11)8(14)6(9(15)16)5-7(12)10(17)18/h6-7,13H,2-5,12H2,1H3,(H,15,16)(H,17,18)/t6?,7-,11-/m0/s1. The fourth-order valence-corrected chi connectivity index (χ4v) is 2.16. The normalized spacial score (nSPS) is 26.6. The quantitative estimate of drug-likeness (QED) is 0.459. The van der Waals surface area contributed by atoms with Crippen LogP contribution in [-0.2, 0) is 14.4 Å². The number of nitrogens with two attached hydrogens (primary N) is 1. The summed E-state index contributed by atoms with van der Waals surface area (Å²) in [6.07, 6.45) is 0.957. The monoisotopic (exact) mass is 258 g/mol. The number of Topliss-reactive ketones (excluding diaryl/α,β-unsaturated/α-hetero) is 1. The van der Waals surface area contributed by atoms with Crippen LogP contribution >= 0.6 is 0 Å². The van der Waals surface area contributed by atoms with Gasteiger partial charge < -0.3 is 21.3 Å². The third-order valence-electron chi connectivity index (χ3n) is 3.33. The second-order valence-electron chi connectivity index (χ2n) is 4.80.